The lowest BCUT2D eigenvalue weighted by Crippen LogP contribution is -2.51. The highest BCUT2D eigenvalue weighted by Crippen LogP contribution is 2.30. The molecule has 196 valence electrons. The molecule has 2 aromatic carbocycles. The topological polar surface area (TPSA) is 178 Å². The van der Waals surface area contributed by atoms with Crippen LogP contribution in [0.3, 0.4) is 0 Å². The molecule has 1 heterocycles. The summed E-state index contributed by atoms with van der Waals surface area (Å²) in [7, 11) is 2.75. The van der Waals surface area contributed by atoms with E-state index in [4.69, 9.17) is 18.9 Å². The largest absolute Gasteiger partial charge is 0.459 e. The quantitative estimate of drug-likeness (QED) is 0.270. The Balaban J connectivity index is 1.76. The van der Waals surface area contributed by atoms with Gasteiger partial charge in [-0.1, -0.05) is 0 Å². The average molecular weight is 517 g/mol. The van der Waals surface area contributed by atoms with Crippen LogP contribution >= 0.6 is 0 Å². The Labute approximate surface area is 210 Å². The zero-order valence-electron chi connectivity index (χ0n) is 20.0. The van der Waals surface area contributed by atoms with E-state index in [9.17, 15) is 34.6 Å². The Morgan fingerprint density at radius 2 is 1.41 bits per heavy atom. The highest BCUT2D eigenvalue weighted by molar-refractivity contribution is 5.90. The fourth-order valence-electron chi connectivity index (χ4n) is 3.71. The molecule has 4 atom stereocenters. The maximum Gasteiger partial charge on any atom is 0.338 e. The van der Waals surface area contributed by atoms with Gasteiger partial charge in [0.15, 0.2) is 12.4 Å². The number of amides is 1. The van der Waals surface area contributed by atoms with Crippen molar-refractivity contribution in [2.24, 2.45) is 0 Å². The van der Waals surface area contributed by atoms with Gasteiger partial charge in [-0.05, 0) is 24.3 Å². The van der Waals surface area contributed by atoms with Crippen molar-refractivity contribution in [1.29, 1.82) is 0 Å². The van der Waals surface area contributed by atoms with Gasteiger partial charge >= 0.3 is 11.9 Å². The van der Waals surface area contributed by atoms with Crippen molar-refractivity contribution < 1.29 is 43.2 Å². The molecule has 14 nitrogen and oxygen atoms in total. The lowest BCUT2D eigenvalue weighted by molar-refractivity contribution is -0.385. The molecule has 3 rings (SSSR count). The first-order chi connectivity index (χ1) is 17.5. The van der Waals surface area contributed by atoms with Crippen molar-refractivity contribution in [3.63, 3.8) is 0 Å². The van der Waals surface area contributed by atoms with Gasteiger partial charge in [0.05, 0.1) is 21.0 Å². The highest BCUT2D eigenvalue weighted by Gasteiger charge is 2.50. The summed E-state index contributed by atoms with van der Waals surface area (Å²) in [5.74, 6) is -2.02. The van der Waals surface area contributed by atoms with Crippen molar-refractivity contribution in [2.45, 2.75) is 31.5 Å². The second kappa shape index (κ2) is 11.5. The fraction of sp³-hybridized carbons (Fsp3) is 0.348. The van der Waals surface area contributed by atoms with E-state index in [0.717, 1.165) is 24.3 Å². The van der Waals surface area contributed by atoms with Crippen molar-refractivity contribution in [2.75, 3.05) is 20.8 Å². The Bertz CT molecular complexity index is 1180. The third-order valence-corrected chi connectivity index (χ3v) is 5.72. The molecule has 0 radical (unpaired) electrons. The molecule has 0 aliphatic carbocycles. The van der Waals surface area contributed by atoms with E-state index in [2.05, 4.69) is 0 Å². The summed E-state index contributed by atoms with van der Waals surface area (Å²) in [6.45, 7) is 0.929. The number of carbonyl (C=O) groups is 3. The van der Waals surface area contributed by atoms with Crippen LogP contribution in [0.25, 0.3) is 0 Å². The SMILES string of the molecule is CO[C@H]1O[C@H](COC(=O)c2ccc([N+](=O)[O-])cc2)[C@H](N(C)C(C)=O)[C@H]1OC(=O)c1ccc([N+](=O)[O-])cc1. The summed E-state index contributed by atoms with van der Waals surface area (Å²) >= 11 is 0. The van der Waals surface area contributed by atoms with Gasteiger partial charge in [-0.15, -0.1) is 0 Å². The van der Waals surface area contributed by atoms with Crippen LogP contribution in [0.2, 0.25) is 0 Å². The molecule has 0 saturated carbocycles. The number of hydrogen-bond acceptors (Lipinski definition) is 11. The van der Waals surface area contributed by atoms with E-state index in [1.54, 1.807) is 0 Å². The normalized spacial score (nSPS) is 20.6. The average Bonchev–Trinajstić information content (AvgIpc) is 3.23. The second-order valence-electron chi connectivity index (χ2n) is 7.98. The minimum atomic E-state index is -1.13. The van der Waals surface area contributed by atoms with E-state index in [-0.39, 0.29) is 29.1 Å². The molecule has 1 aliphatic heterocycles. The van der Waals surface area contributed by atoms with E-state index >= 15 is 0 Å². The smallest absolute Gasteiger partial charge is 0.338 e. The molecule has 0 aromatic heterocycles. The third kappa shape index (κ3) is 6.23. The van der Waals surface area contributed by atoms with Crippen molar-refractivity contribution in [3.05, 3.63) is 79.9 Å². The van der Waals surface area contributed by atoms with Crippen LogP contribution in [0.4, 0.5) is 11.4 Å². The molecule has 1 amide bonds. The van der Waals surface area contributed by atoms with Crippen LogP contribution in [0.15, 0.2) is 48.5 Å². The summed E-state index contributed by atoms with van der Waals surface area (Å²) in [5.41, 5.74) is -0.318. The molecular formula is C23H23N3O11. The second-order valence-corrected chi connectivity index (χ2v) is 7.98. The van der Waals surface area contributed by atoms with Crippen LogP contribution in [0.1, 0.15) is 27.6 Å². The molecule has 0 bridgehead atoms. The van der Waals surface area contributed by atoms with E-state index in [0.29, 0.717) is 0 Å². The number of nitro benzene ring substituents is 2. The number of benzene rings is 2. The van der Waals surface area contributed by atoms with Gasteiger partial charge in [-0.25, -0.2) is 9.59 Å². The van der Waals surface area contributed by atoms with Crippen LogP contribution in [0, 0.1) is 20.2 Å². The summed E-state index contributed by atoms with van der Waals surface area (Å²) in [6.07, 6.45) is -3.22. The maximum absolute atomic E-state index is 12.8. The van der Waals surface area contributed by atoms with E-state index in [1.165, 1.54) is 50.2 Å². The molecule has 2 aromatic rings. The number of ether oxygens (including phenoxy) is 4. The Hall–Kier alpha value is -4.43. The Kier molecular flexibility index (Phi) is 8.47. The number of rotatable bonds is 9. The summed E-state index contributed by atoms with van der Waals surface area (Å²) < 4.78 is 22.0. The van der Waals surface area contributed by atoms with E-state index in [1.807, 2.05) is 0 Å². The van der Waals surface area contributed by atoms with Crippen LogP contribution in [-0.2, 0) is 23.7 Å². The van der Waals surface area contributed by atoms with Gasteiger partial charge in [0.2, 0.25) is 5.91 Å². The lowest BCUT2D eigenvalue weighted by Gasteiger charge is -2.31. The number of likely N-dealkylation sites (N-methyl/N-ethyl adjacent to an activating group) is 1. The minimum absolute atomic E-state index is 0.0257. The number of esters is 2. The van der Waals surface area contributed by atoms with Gasteiger partial charge in [0.1, 0.15) is 18.8 Å². The molecule has 0 unspecified atom stereocenters. The molecule has 1 fully saturated rings. The van der Waals surface area contributed by atoms with Crippen LogP contribution < -0.4 is 0 Å². The number of hydrogen-bond donors (Lipinski definition) is 0. The Morgan fingerprint density at radius 1 is 0.919 bits per heavy atom. The predicted molar refractivity (Wildman–Crippen MR) is 124 cm³/mol. The van der Waals surface area contributed by atoms with E-state index < -0.39 is 52.2 Å². The maximum atomic E-state index is 12.8. The fourth-order valence-corrected chi connectivity index (χ4v) is 3.71. The first-order valence-electron chi connectivity index (χ1n) is 10.8. The zero-order valence-corrected chi connectivity index (χ0v) is 20.0. The first kappa shape index (κ1) is 27.2. The molecule has 1 aliphatic rings. The zero-order chi connectivity index (χ0) is 27.3. The van der Waals surface area contributed by atoms with Crippen molar-refractivity contribution in [3.8, 4) is 0 Å². The molecule has 14 heteroatoms. The summed E-state index contributed by atoms with van der Waals surface area (Å²) in [5, 5.41) is 21.7. The molecule has 37 heavy (non-hydrogen) atoms. The molecule has 0 N–H and O–H groups in total. The third-order valence-electron chi connectivity index (χ3n) is 5.72. The highest BCUT2D eigenvalue weighted by atomic mass is 16.7. The lowest BCUT2D eigenvalue weighted by atomic mass is 10.1. The van der Waals surface area contributed by atoms with Crippen LogP contribution in [-0.4, -0.2) is 77.9 Å². The number of methoxy groups -OCH3 is 1. The number of nitro groups is 2. The molecule has 1 saturated heterocycles. The van der Waals surface area contributed by atoms with Gasteiger partial charge < -0.3 is 23.8 Å². The molecule has 0 spiro atoms. The first-order valence-corrected chi connectivity index (χ1v) is 10.8. The van der Waals surface area contributed by atoms with Gasteiger partial charge in [-0.2, -0.15) is 0 Å². The number of carbonyl (C=O) groups excluding carboxylic acids is 3. The number of non-ortho nitro benzene ring substituents is 2. The number of nitrogens with zero attached hydrogens (tertiary/aromatic N) is 3. The monoisotopic (exact) mass is 517 g/mol. The van der Waals surface area contributed by atoms with Gasteiger partial charge in [0, 0.05) is 45.3 Å². The predicted octanol–water partition coefficient (Wildman–Crippen LogP) is 2.10. The van der Waals surface area contributed by atoms with Gasteiger partial charge in [-0.3, -0.25) is 25.0 Å². The molecular weight excluding hydrogens is 494 g/mol. The van der Waals surface area contributed by atoms with Crippen molar-refractivity contribution >= 4 is 29.2 Å². The van der Waals surface area contributed by atoms with Crippen LogP contribution in [0.5, 0.6) is 0 Å². The summed E-state index contributed by atoms with van der Waals surface area (Å²) in [4.78, 5) is 59.1. The van der Waals surface area contributed by atoms with Gasteiger partial charge in [0.25, 0.3) is 11.4 Å². The standard InChI is InChI=1S/C23H23N3O11/c1-13(27)24(2)19-18(12-35-21(28)14-4-8-16(9-5-14)25(30)31)36-23(34-3)20(19)37-22(29)15-6-10-17(11-7-15)26(32)33/h4-11,18-20,23H,12H2,1-3H3/t18-,19+,20-,23+/m1/s1. The summed E-state index contributed by atoms with van der Waals surface area (Å²) in [6, 6.07) is 8.62. The Morgan fingerprint density at radius 3 is 1.84 bits per heavy atom. The minimum Gasteiger partial charge on any atom is -0.459 e. The van der Waals surface area contributed by atoms with Crippen molar-refractivity contribution in [1.82, 2.24) is 4.90 Å².